The minimum absolute atomic E-state index is 0.0950. The number of carbonyl (C=O) groups is 6. The topological polar surface area (TPSA) is 179 Å². The molecular formula is C18H26N2O10S2. The summed E-state index contributed by atoms with van der Waals surface area (Å²) in [6.07, 6.45) is 0. The van der Waals surface area contributed by atoms with Gasteiger partial charge in [0.25, 0.3) is 0 Å². The number of rotatable bonds is 5. The maximum Gasteiger partial charge on any atom is 0.342 e. The summed E-state index contributed by atoms with van der Waals surface area (Å²) in [4.78, 5) is 66.7. The molecule has 4 atom stereocenters. The van der Waals surface area contributed by atoms with Gasteiger partial charge in [0.15, 0.2) is 9.74 Å². The Bertz CT molecular complexity index is 822. The molecule has 180 valence electrons. The maximum absolute atomic E-state index is 11.8. The van der Waals surface area contributed by atoms with Crippen LogP contribution in [-0.2, 0) is 33.5 Å². The number of hydrogen-bond acceptors (Lipinski definition) is 9. The fraction of sp³-hybridized carbons (Fsp3) is 0.667. The molecular weight excluding hydrogens is 468 g/mol. The summed E-state index contributed by atoms with van der Waals surface area (Å²) in [5, 5.41) is 26.8. The lowest BCUT2D eigenvalue weighted by molar-refractivity contribution is -0.160. The number of amides is 2. The van der Waals surface area contributed by atoms with Crippen LogP contribution >= 0.6 is 23.5 Å². The summed E-state index contributed by atoms with van der Waals surface area (Å²) in [6.45, 7) is 7.12. The van der Waals surface area contributed by atoms with Gasteiger partial charge in [-0.25, -0.2) is 19.2 Å². The number of carboxylic acid groups (broad SMARTS) is 3. The Morgan fingerprint density at radius 1 is 0.844 bits per heavy atom. The molecule has 0 spiro atoms. The molecule has 0 aromatic carbocycles. The van der Waals surface area contributed by atoms with E-state index >= 15 is 0 Å². The van der Waals surface area contributed by atoms with Gasteiger partial charge >= 0.3 is 23.9 Å². The van der Waals surface area contributed by atoms with Crippen molar-refractivity contribution in [2.45, 2.75) is 56.4 Å². The normalized spacial score (nSPS) is 29.0. The highest BCUT2D eigenvalue weighted by Crippen LogP contribution is 2.41. The van der Waals surface area contributed by atoms with E-state index in [0.717, 1.165) is 33.3 Å². The standard InChI is InChI=1S/C10H15NO5S.C8H11NO5S/c1-4-16-9(15)10(3)11(6(2)12)7(5-17-10)8(13)14;1-4(10)9-5(6(11)12)3-15-8(9,2)7(13)14/h7H,4-5H2,1-3H3,(H,13,14);5H,3H2,1-2H3,(H,11,12)(H,13,14). The van der Waals surface area contributed by atoms with E-state index < -0.39 is 57.5 Å². The van der Waals surface area contributed by atoms with Gasteiger partial charge in [-0.1, -0.05) is 0 Å². The van der Waals surface area contributed by atoms with Crippen LogP contribution in [0.1, 0.15) is 34.6 Å². The molecule has 12 nitrogen and oxygen atoms in total. The highest BCUT2D eigenvalue weighted by Gasteiger charge is 2.54. The summed E-state index contributed by atoms with van der Waals surface area (Å²) in [6, 6.07) is -2.04. The zero-order valence-corrected chi connectivity index (χ0v) is 19.8. The molecule has 2 amide bonds. The Hall–Kier alpha value is -2.48. The molecule has 2 aliphatic heterocycles. The Labute approximate surface area is 192 Å². The van der Waals surface area contributed by atoms with Crippen LogP contribution in [0, 0.1) is 0 Å². The Balaban J connectivity index is 0.000000323. The lowest BCUT2D eigenvalue weighted by atomic mass is 10.2. The fourth-order valence-corrected chi connectivity index (χ4v) is 5.99. The van der Waals surface area contributed by atoms with Gasteiger partial charge in [-0.05, 0) is 20.8 Å². The van der Waals surface area contributed by atoms with Crippen molar-refractivity contribution in [3.8, 4) is 0 Å². The van der Waals surface area contributed by atoms with Gasteiger partial charge in [-0.15, -0.1) is 23.5 Å². The molecule has 2 rings (SSSR count). The van der Waals surface area contributed by atoms with Crippen molar-refractivity contribution in [1.29, 1.82) is 0 Å². The van der Waals surface area contributed by atoms with E-state index in [1.54, 1.807) is 6.92 Å². The SMILES string of the molecule is CC(=O)N1C(C(=O)O)CSC1(C)C(=O)O.CCOC(=O)C1(C)SCC(C(=O)O)N1C(C)=O. The van der Waals surface area contributed by atoms with Crippen LogP contribution in [0.3, 0.4) is 0 Å². The monoisotopic (exact) mass is 494 g/mol. The van der Waals surface area contributed by atoms with E-state index in [1.165, 1.54) is 27.7 Å². The molecule has 0 radical (unpaired) electrons. The van der Waals surface area contributed by atoms with Gasteiger partial charge in [0, 0.05) is 25.4 Å². The number of nitrogens with zero attached hydrogens (tertiary/aromatic N) is 2. The van der Waals surface area contributed by atoms with E-state index in [2.05, 4.69) is 0 Å². The minimum atomic E-state index is -1.48. The van der Waals surface area contributed by atoms with Crippen LogP contribution in [0.25, 0.3) is 0 Å². The third-order valence-corrected chi connectivity index (χ3v) is 7.71. The predicted molar refractivity (Wildman–Crippen MR) is 114 cm³/mol. The lowest BCUT2D eigenvalue weighted by Gasteiger charge is -2.33. The van der Waals surface area contributed by atoms with Crippen LogP contribution in [0.5, 0.6) is 0 Å². The van der Waals surface area contributed by atoms with Crippen molar-refractivity contribution in [2.75, 3.05) is 18.1 Å². The first-order valence-corrected chi connectivity index (χ1v) is 11.4. The van der Waals surface area contributed by atoms with Crippen LogP contribution in [0.4, 0.5) is 0 Å². The van der Waals surface area contributed by atoms with Gasteiger partial charge in [0.05, 0.1) is 6.61 Å². The Morgan fingerprint density at radius 3 is 1.53 bits per heavy atom. The number of carbonyl (C=O) groups excluding carboxylic acids is 3. The van der Waals surface area contributed by atoms with E-state index in [-0.39, 0.29) is 18.1 Å². The van der Waals surface area contributed by atoms with Gasteiger partial charge in [-0.3, -0.25) is 9.59 Å². The first-order chi connectivity index (χ1) is 14.6. The number of thioether (sulfide) groups is 2. The van der Waals surface area contributed by atoms with Crippen molar-refractivity contribution < 1.29 is 48.8 Å². The Morgan fingerprint density at radius 2 is 1.22 bits per heavy atom. The molecule has 2 aliphatic rings. The number of aliphatic carboxylic acids is 3. The highest BCUT2D eigenvalue weighted by molar-refractivity contribution is 8.01. The molecule has 2 fully saturated rings. The quantitative estimate of drug-likeness (QED) is 0.441. The van der Waals surface area contributed by atoms with Crippen molar-refractivity contribution in [3.63, 3.8) is 0 Å². The second kappa shape index (κ2) is 10.4. The van der Waals surface area contributed by atoms with E-state index in [9.17, 15) is 28.8 Å². The maximum atomic E-state index is 11.8. The lowest BCUT2D eigenvalue weighted by Crippen LogP contribution is -2.54. The predicted octanol–water partition coefficient (Wildman–Crippen LogP) is 0.150. The van der Waals surface area contributed by atoms with Gasteiger partial charge in [-0.2, -0.15) is 0 Å². The zero-order valence-electron chi connectivity index (χ0n) is 18.2. The summed E-state index contributed by atoms with van der Waals surface area (Å²) in [5.41, 5.74) is 0. The number of hydrogen-bond donors (Lipinski definition) is 3. The molecule has 0 aliphatic carbocycles. The minimum Gasteiger partial charge on any atom is -0.480 e. The van der Waals surface area contributed by atoms with Crippen LogP contribution in [0.2, 0.25) is 0 Å². The first-order valence-electron chi connectivity index (χ1n) is 9.39. The second-order valence-corrected chi connectivity index (χ2v) is 9.93. The average Bonchev–Trinajstić information content (AvgIpc) is 3.22. The molecule has 0 aromatic rings. The molecule has 0 saturated carbocycles. The van der Waals surface area contributed by atoms with E-state index in [0.29, 0.717) is 0 Å². The Kier molecular flexibility index (Phi) is 8.98. The smallest absolute Gasteiger partial charge is 0.342 e. The molecule has 4 unspecified atom stereocenters. The van der Waals surface area contributed by atoms with Gasteiger partial charge in [0.1, 0.15) is 12.1 Å². The van der Waals surface area contributed by atoms with Crippen molar-refractivity contribution in [3.05, 3.63) is 0 Å². The molecule has 0 aromatic heterocycles. The average molecular weight is 495 g/mol. The summed E-state index contributed by atoms with van der Waals surface area (Å²) in [7, 11) is 0. The first kappa shape index (κ1) is 27.6. The molecule has 32 heavy (non-hydrogen) atoms. The molecule has 3 N–H and O–H groups in total. The summed E-state index contributed by atoms with van der Waals surface area (Å²) >= 11 is 2.07. The molecule has 14 heteroatoms. The number of ether oxygens (including phenoxy) is 1. The summed E-state index contributed by atoms with van der Waals surface area (Å²) < 4.78 is 4.89. The fourth-order valence-electron chi connectivity index (χ4n) is 3.36. The third kappa shape index (κ3) is 5.28. The highest BCUT2D eigenvalue weighted by atomic mass is 32.2. The number of esters is 1. The molecule has 0 bridgehead atoms. The van der Waals surface area contributed by atoms with E-state index in [4.69, 9.17) is 20.1 Å². The van der Waals surface area contributed by atoms with Crippen molar-refractivity contribution in [1.82, 2.24) is 9.80 Å². The molecule has 2 heterocycles. The third-order valence-electron chi connectivity index (χ3n) is 4.89. The summed E-state index contributed by atoms with van der Waals surface area (Å²) in [5.74, 6) is -4.78. The number of carboxylic acids is 3. The van der Waals surface area contributed by atoms with Crippen LogP contribution < -0.4 is 0 Å². The van der Waals surface area contributed by atoms with Crippen molar-refractivity contribution >= 4 is 59.2 Å². The largest absolute Gasteiger partial charge is 0.480 e. The van der Waals surface area contributed by atoms with Crippen molar-refractivity contribution in [2.24, 2.45) is 0 Å². The van der Waals surface area contributed by atoms with Gasteiger partial charge < -0.3 is 29.9 Å². The van der Waals surface area contributed by atoms with E-state index in [1.807, 2.05) is 0 Å². The second-order valence-electron chi connectivity index (χ2n) is 7.10. The zero-order chi connectivity index (χ0) is 25.0. The molecule has 2 saturated heterocycles. The van der Waals surface area contributed by atoms with Crippen LogP contribution in [-0.4, -0.2) is 101 Å². The van der Waals surface area contributed by atoms with Gasteiger partial charge in [0.2, 0.25) is 11.8 Å². The van der Waals surface area contributed by atoms with Crippen LogP contribution in [0.15, 0.2) is 0 Å².